The van der Waals surface area contributed by atoms with Crippen molar-refractivity contribution < 1.29 is 52.9 Å². The minimum atomic E-state index is -2.07. The lowest BCUT2D eigenvalue weighted by molar-refractivity contribution is -0.858. The summed E-state index contributed by atoms with van der Waals surface area (Å²) < 4.78 is 28.5. The number of fused-ring (bicyclic) bond motifs is 1. The number of furan rings is 1. The number of benzene rings is 2. The highest BCUT2D eigenvalue weighted by molar-refractivity contribution is 6.26. The topological polar surface area (TPSA) is 149 Å². The molecule has 0 saturated carbocycles. The van der Waals surface area contributed by atoms with E-state index in [1.807, 2.05) is 38.4 Å². The summed E-state index contributed by atoms with van der Waals surface area (Å²) in [6.45, 7) is 3.88. The van der Waals surface area contributed by atoms with E-state index < -0.39 is 11.9 Å². The van der Waals surface area contributed by atoms with Crippen molar-refractivity contribution in [1.29, 1.82) is 0 Å². The van der Waals surface area contributed by atoms with Crippen molar-refractivity contribution in [2.45, 2.75) is 13.3 Å². The van der Waals surface area contributed by atoms with Crippen LogP contribution in [0.25, 0.3) is 17.0 Å². The molecule has 3 aromatic rings. The molecular weight excluding hydrogens is 510 g/mol. The van der Waals surface area contributed by atoms with Crippen molar-refractivity contribution >= 4 is 34.8 Å². The number of allylic oxidation sites excluding steroid dienone is 1. The lowest BCUT2D eigenvalue weighted by atomic mass is 10.0. The second-order valence-electron chi connectivity index (χ2n) is 8.45. The fourth-order valence-electron chi connectivity index (χ4n) is 3.38. The SMILES string of the molecule is CCCOc1ccc(/C=C/C(=O)c2c(OCC[NH+](C)C)c(OC)c3occc3c2OC)cc1.O=C([O-])C(=O)O. The predicted octanol–water partition coefficient (Wildman–Crippen LogP) is 1.48. The van der Waals surface area contributed by atoms with Crippen molar-refractivity contribution in [3.8, 4) is 23.0 Å². The minimum Gasteiger partial charge on any atom is -0.539 e. The number of carbonyl (C=O) groups is 3. The molecule has 2 N–H and O–H groups in total. The summed E-state index contributed by atoms with van der Waals surface area (Å²) in [7, 11) is 7.12. The largest absolute Gasteiger partial charge is 0.539 e. The Morgan fingerprint density at radius 1 is 0.974 bits per heavy atom. The van der Waals surface area contributed by atoms with E-state index in [1.54, 1.807) is 12.1 Å². The predicted molar refractivity (Wildman–Crippen MR) is 141 cm³/mol. The van der Waals surface area contributed by atoms with Crippen molar-refractivity contribution in [3.05, 3.63) is 53.8 Å². The van der Waals surface area contributed by atoms with Gasteiger partial charge in [0.1, 0.15) is 30.2 Å². The van der Waals surface area contributed by atoms with Crippen LogP contribution in [0.4, 0.5) is 0 Å². The standard InChI is InChI=1S/C26H31NO6.C2H2O4/c1-6-15-31-19-10-7-18(8-11-19)9-12-21(28)22-23(29-4)20-13-16-32-24(20)26(30-5)25(22)33-17-14-27(2)3;3-1(4)2(5)6/h7-13,16H,6,14-15,17H2,1-5H3;(H,3,4)(H,5,6)/b12-9+;. The quantitative estimate of drug-likeness (QED) is 0.195. The number of methoxy groups -OCH3 is 2. The Morgan fingerprint density at radius 3 is 2.15 bits per heavy atom. The van der Waals surface area contributed by atoms with E-state index in [0.29, 0.717) is 47.0 Å². The fourth-order valence-corrected chi connectivity index (χ4v) is 3.38. The van der Waals surface area contributed by atoms with Gasteiger partial charge in [-0.15, -0.1) is 0 Å². The number of rotatable bonds is 12. The maximum absolute atomic E-state index is 13.4. The molecule has 0 fully saturated rings. The van der Waals surface area contributed by atoms with E-state index >= 15 is 0 Å². The van der Waals surface area contributed by atoms with Gasteiger partial charge in [0.2, 0.25) is 5.75 Å². The number of hydrogen-bond acceptors (Lipinski definition) is 9. The summed E-state index contributed by atoms with van der Waals surface area (Å²) in [4.78, 5) is 32.6. The number of ketones is 1. The maximum Gasteiger partial charge on any atom is 0.351 e. The molecule has 0 radical (unpaired) electrons. The number of hydrogen-bond donors (Lipinski definition) is 2. The van der Waals surface area contributed by atoms with E-state index in [-0.39, 0.29) is 5.78 Å². The van der Waals surface area contributed by atoms with Crippen LogP contribution in [0.5, 0.6) is 23.0 Å². The molecule has 0 unspecified atom stereocenters. The number of carboxylic acids is 2. The molecule has 3 rings (SSSR count). The smallest absolute Gasteiger partial charge is 0.351 e. The van der Waals surface area contributed by atoms with Crippen LogP contribution in [-0.4, -0.2) is 70.9 Å². The molecule has 0 atom stereocenters. The van der Waals surface area contributed by atoms with Crippen LogP contribution in [-0.2, 0) is 9.59 Å². The number of aliphatic carboxylic acids is 2. The Hall–Kier alpha value is -4.51. The number of carboxylic acid groups (broad SMARTS) is 2. The maximum atomic E-state index is 13.4. The zero-order chi connectivity index (χ0) is 28.9. The summed E-state index contributed by atoms with van der Waals surface area (Å²) in [6.07, 6.45) is 5.75. The molecule has 0 amide bonds. The van der Waals surface area contributed by atoms with Gasteiger partial charge in [-0.3, -0.25) is 4.79 Å². The van der Waals surface area contributed by atoms with E-state index in [0.717, 1.165) is 24.3 Å². The molecule has 0 saturated heterocycles. The Bertz CT molecular complexity index is 1280. The molecule has 2 aromatic carbocycles. The number of ether oxygens (including phenoxy) is 4. The number of likely N-dealkylation sites (N-methyl/N-ethyl adjacent to an activating group) is 1. The van der Waals surface area contributed by atoms with Crippen LogP contribution >= 0.6 is 0 Å². The van der Waals surface area contributed by atoms with E-state index in [1.165, 1.54) is 31.5 Å². The van der Waals surface area contributed by atoms with E-state index in [2.05, 4.69) is 6.92 Å². The van der Waals surface area contributed by atoms with Crippen LogP contribution in [0.15, 0.2) is 47.1 Å². The third-order valence-electron chi connectivity index (χ3n) is 5.23. The molecule has 1 aromatic heterocycles. The normalized spacial score (nSPS) is 10.7. The zero-order valence-corrected chi connectivity index (χ0v) is 22.6. The monoisotopic (exact) mass is 543 g/mol. The van der Waals surface area contributed by atoms with Gasteiger partial charge in [0.05, 0.1) is 46.6 Å². The van der Waals surface area contributed by atoms with E-state index in [9.17, 15) is 4.79 Å². The highest BCUT2D eigenvalue weighted by Crippen LogP contribution is 2.46. The molecule has 11 nitrogen and oxygen atoms in total. The fraction of sp³-hybridized carbons (Fsp3) is 0.321. The van der Waals surface area contributed by atoms with Crippen LogP contribution in [0, 0.1) is 0 Å². The number of nitrogens with one attached hydrogen (secondary N) is 1. The average molecular weight is 544 g/mol. The summed E-state index contributed by atoms with van der Waals surface area (Å²) in [6, 6.07) is 9.34. The summed E-state index contributed by atoms with van der Waals surface area (Å²) in [5.74, 6) is -2.38. The van der Waals surface area contributed by atoms with Crippen molar-refractivity contribution in [2.75, 3.05) is 48.1 Å². The number of quaternary nitrogens is 1. The Balaban J connectivity index is 0.000000798. The van der Waals surface area contributed by atoms with Gasteiger partial charge in [0, 0.05) is 0 Å². The molecule has 11 heteroatoms. The molecule has 0 spiro atoms. The lowest BCUT2D eigenvalue weighted by Gasteiger charge is -2.18. The Labute approximate surface area is 226 Å². The Kier molecular flexibility index (Phi) is 11.8. The van der Waals surface area contributed by atoms with Gasteiger partial charge in [-0.2, -0.15) is 0 Å². The summed E-state index contributed by atoms with van der Waals surface area (Å²) in [5, 5.41) is 17.0. The average Bonchev–Trinajstić information content (AvgIpc) is 3.40. The number of carbonyl (C=O) groups excluding carboxylic acids is 2. The van der Waals surface area contributed by atoms with Gasteiger partial charge in [-0.05, 0) is 36.3 Å². The molecule has 210 valence electrons. The lowest BCUT2D eigenvalue weighted by Crippen LogP contribution is -3.06. The van der Waals surface area contributed by atoms with Crippen LogP contribution in [0.1, 0.15) is 29.3 Å². The van der Waals surface area contributed by atoms with Crippen molar-refractivity contribution in [3.63, 3.8) is 0 Å². The molecule has 1 heterocycles. The molecule has 0 aliphatic carbocycles. The first-order valence-electron chi connectivity index (χ1n) is 12.1. The zero-order valence-electron chi connectivity index (χ0n) is 22.6. The minimum absolute atomic E-state index is 0.258. The highest BCUT2D eigenvalue weighted by atomic mass is 16.5. The van der Waals surface area contributed by atoms with Gasteiger partial charge in [0.25, 0.3) is 0 Å². The van der Waals surface area contributed by atoms with Crippen molar-refractivity contribution in [2.24, 2.45) is 0 Å². The van der Waals surface area contributed by atoms with Gasteiger partial charge < -0.3 is 43.3 Å². The van der Waals surface area contributed by atoms with Crippen LogP contribution in [0.3, 0.4) is 0 Å². The molecule has 39 heavy (non-hydrogen) atoms. The summed E-state index contributed by atoms with van der Waals surface area (Å²) >= 11 is 0. The second kappa shape index (κ2) is 15.0. The molecular formula is C28H33NO10. The highest BCUT2D eigenvalue weighted by Gasteiger charge is 2.28. The first kappa shape index (κ1) is 30.7. The second-order valence-corrected chi connectivity index (χ2v) is 8.45. The first-order chi connectivity index (χ1) is 18.6. The van der Waals surface area contributed by atoms with Gasteiger partial charge in [0.15, 0.2) is 23.1 Å². The molecule has 0 aliphatic rings. The third kappa shape index (κ3) is 8.50. The third-order valence-corrected chi connectivity index (χ3v) is 5.23. The van der Waals surface area contributed by atoms with Gasteiger partial charge >= 0.3 is 5.97 Å². The van der Waals surface area contributed by atoms with Gasteiger partial charge in [-0.25, -0.2) is 4.79 Å². The van der Waals surface area contributed by atoms with Crippen LogP contribution in [0.2, 0.25) is 0 Å². The molecule has 0 aliphatic heterocycles. The van der Waals surface area contributed by atoms with Crippen LogP contribution < -0.4 is 29.0 Å². The summed E-state index contributed by atoms with van der Waals surface area (Å²) in [5.41, 5.74) is 1.65. The van der Waals surface area contributed by atoms with Gasteiger partial charge in [-0.1, -0.05) is 25.1 Å². The van der Waals surface area contributed by atoms with Crippen molar-refractivity contribution in [1.82, 2.24) is 0 Å². The van der Waals surface area contributed by atoms with E-state index in [4.69, 9.17) is 43.2 Å². The first-order valence-corrected chi connectivity index (χ1v) is 12.1. The Morgan fingerprint density at radius 2 is 1.62 bits per heavy atom. The molecule has 0 bridgehead atoms.